The zero-order chi connectivity index (χ0) is 12.5. The van der Waals surface area contributed by atoms with Crippen molar-refractivity contribution in [3.63, 3.8) is 0 Å². The summed E-state index contributed by atoms with van der Waals surface area (Å²) in [5, 5.41) is 18.6. The van der Waals surface area contributed by atoms with Crippen LogP contribution in [0.25, 0.3) is 0 Å². The second-order valence-corrected chi connectivity index (χ2v) is 5.49. The van der Waals surface area contributed by atoms with Crippen LogP contribution in [0.1, 0.15) is 36.8 Å². The second-order valence-electron chi connectivity index (χ2n) is 5.49. The molecule has 2 heterocycles. The Labute approximate surface area is 108 Å². The maximum absolute atomic E-state index is 9.78. The van der Waals surface area contributed by atoms with Crippen LogP contribution in [0.4, 0.5) is 0 Å². The molecule has 2 aliphatic rings. The first-order valence-corrected chi connectivity index (χ1v) is 6.69. The van der Waals surface area contributed by atoms with Crippen LogP contribution < -0.4 is 0 Å². The molecule has 0 saturated carbocycles. The summed E-state index contributed by atoms with van der Waals surface area (Å²) in [4.78, 5) is 2.54. The van der Waals surface area contributed by atoms with Gasteiger partial charge in [0, 0.05) is 18.6 Å². The van der Waals surface area contributed by atoms with Gasteiger partial charge in [0.25, 0.3) is 0 Å². The first-order valence-electron chi connectivity index (χ1n) is 6.69. The number of rotatable bonds is 2. The van der Waals surface area contributed by atoms with Crippen LogP contribution in [0.3, 0.4) is 0 Å². The fourth-order valence-corrected chi connectivity index (χ4v) is 3.40. The molecule has 94 valence electrons. The van der Waals surface area contributed by atoms with Gasteiger partial charge in [0.2, 0.25) is 0 Å². The van der Waals surface area contributed by atoms with Crippen LogP contribution in [-0.2, 0) is 6.54 Å². The van der Waals surface area contributed by atoms with Gasteiger partial charge in [-0.2, -0.15) is 5.26 Å². The number of aliphatic hydroxyl groups excluding tert-OH is 1. The molecule has 2 bridgehead atoms. The molecule has 3 heteroatoms. The van der Waals surface area contributed by atoms with Gasteiger partial charge in [0.1, 0.15) is 0 Å². The molecule has 1 N–H and O–H groups in total. The minimum absolute atomic E-state index is 0.0975. The molecule has 18 heavy (non-hydrogen) atoms. The van der Waals surface area contributed by atoms with E-state index >= 15 is 0 Å². The average Bonchev–Trinajstić information content (AvgIpc) is 2.62. The molecular formula is C15H18N2O. The van der Waals surface area contributed by atoms with Gasteiger partial charge in [0.15, 0.2) is 0 Å². The predicted octanol–water partition coefficient (Wildman–Crippen LogP) is 2.05. The number of benzene rings is 1. The molecule has 2 aliphatic heterocycles. The van der Waals surface area contributed by atoms with Gasteiger partial charge in [-0.05, 0) is 43.4 Å². The zero-order valence-electron chi connectivity index (χ0n) is 10.4. The monoisotopic (exact) mass is 242 g/mol. The third kappa shape index (κ3) is 2.14. The van der Waals surface area contributed by atoms with E-state index in [1.807, 2.05) is 24.3 Å². The van der Waals surface area contributed by atoms with E-state index in [1.54, 1.807) is 0 Å². The van der Waals surface area contributed by atoms with Gasteiger partial charge in [-0.15, -0.1) is 0 Å². The Morgan fingerprint density at radius 3 is 2.33 bits per heavy atom. The summed E-state index contributed by atoms with van der Waals surface area (Å²) < 4.78 is 0. The van der Waals surface area contributed by atoms with Crippen molar-refractivity contribution in [3.05, 3.63) is 35.4 Å². The Balaban J connectivity index is 1.71. The Morgan fingerprint density at radius 2 is 1.78 bits per heavy atom. The topological polar surface area (TPSA) is 47.3 Å². The lowest BCUT2D eigenvalue weighted by Crippen LogP contribution is -2.44. The van der Waals surface area contributed by atoms with Crippen LogP contribution in [0.5, 0.6) is 0 Å². The first kappa shape index (κ1) is 11.7. The van der Waals surface area contributed by atoms with E-state index in [1.165, 1.54) is 18.4 Å². The number of fused-ring (bicyclic) bond motifs is 2. The van der Waals surface area contributed by atoms with E-state index in [9.17, 15) is 5.11 Å². The maximum Gasteiger partial charge on any atom is 0.0991 e. The van der Waals surface area contributed by atoms with Crippen molar-refractivity contribution in [2.24, 2.45) is 0 Å². The number of nitriles is 1. The van der Waals surface area contributed by atoms with Crippen LogP contribution in [-0.4, -0.2) is 28.2 Å². The van der Waals surface area contributed by atoms with Crippen LogP contribution in [0.2, 0.25) is 0 Å². The Hall–Kier alpha value is -1.37. The molecule has 0 spiro atoms. The third-order valence-corrected chi connectivity index (χ3v) is 4.31. The van der Waals surface area contributed by atoms with Crippen molar-refractivity contribution < 1.29 is 5.11 Å². The fraction of sp³-hybridized carbons (Fsp3) is 0.533. The fourth-order valence-electron chi connectivity index (χ4n) is 3.40. The highest BCUT2D eigenvalue weighted by Gasteiger charge is 2.39. The highest BCUT2D eigenvalue weighted by molar-refractivity contribution is 5.31. The smallest absolute Gasteiger partial charge is 0.0991 e. The van der Waals surface area contributed by atoms with Crippen molar-refractivity contribution in [3.8, 4) is 6.07 Å². The van der Waals surface area contributed by atoms with E-state index in [0.717, 1.165) is 24.9 Å². The quantitative estimate of drug-likeness (QED) is 0.863. The molecule has 0 radical (unpaired) electrons. The van der Waals surface area contributed by atoms with Gasteiger partial charge < -0.3 is 5.11 Å². The van der Waals surface area contributed by atoms with E-state index < -0.39 is 0 Å². The third-order valence-electron chi connectivity index (χ3n) is 4.31. The van der Waals surface area contributed by atoms with E-state index in [-0.39, 0.29) is 6.10 Å². The van der Waals surface area contributed by atoms with Gasteiger partial charge in [-0.3, -0.25) is 4.90 Å². The average molecular weight is 242 g/mol. The minimum Gasteiger partial charge on any atom is -0.393 e. The number of hydrogen-bond acceptors (Lipinski definition) is 3. The lowest BCUT2D eigenvalue weighted by Gasteiger charge is -2.37. The summed E-state index contributed by atoms with van der Waals surface area (Å²) in [6.07, 6.45) is 4.19. The van der Waals surface area contributed by atoms with E-state index in [0.29, 0.717) is 12.1 Å². The summed E-state index contributed by atoms with van der Waals surface area (Å²) in [7, 11) is 0. The zero-order valence-corrected chi connectivity index (χ0v) is 10.4. The summed E-state index contributed by atoms with van der Waals surface area (Å²) in [5.74, 6) is 0. The second kappa shape index (κ2) is 4.72. The lowest BCUT2D eigenvalue weighted by molar-refractivity contribution is 0.0310. The maximum atomic E-state index is 9.78. The number of aliphatic hydroxyl groups is 1. The normalized spacial score (nSPS) is 31.2. The minimum atomic E-state index is -0.0975. The Bertz CT molecular complexity index is 448. The predicted molar refractivity (Wildman–Crippen MR) is 68.8 cm³/mol. The molecule has 3 nitrogen and oxygen atoms in total. The Morgan fingerprint density at radius 1 is 1.17 bits per heavy atom. The largest absolute Gasteiger partial charge is 0.393 e. The Kier molecular flexibility index (Phi) is 3.07. The highest BCUT2D eigenvalue weighted by atomic mass is 16.3. The van der Waals surface area contributed by atoms with Crippen molar-refractivity contribution in [1.82, 2.24) is 4.90 Å². The van der Waals surface area contributed by atoms with Crippen LogP contribution in [0.15, 0.2) is 24.3 Å². The number of hydrogen-bond donors (Lipinski definition) is 1. The van der Waals surface area contributed by atoms with Crippen molar-refractivity contribution in [2.45, 2.75) is 50.4 Å². The summed E-state index contributed by atoms with van der Waals surface area (Å²) >= 11 is 0. The number of piperidine rings is 1. The van der Waals surface area contributed by atoms with Crippen molar-refractivity contribution >= 4 is 0 Å². The molecule has 2 fully saturated rings. The SMILES string of the molecule is N#Cc1ccc(CN2C3CCC2CC(O)C3)cc1. The highest BCUT2D eigenvalue weighted by Crippen LogP contribution is 2.36. The number of nitrogens with zero attached hydrogens (tertiary/aromatic N) is 2. The molecule has 1 aromatic rings. The van der Waals surface area contributed by atoms with E-state index in [4.69, 9.17) is 5.26 Å². The summed E-state index contributed by atoms with van der Waals surface area (Å²) in [5.41, 5.74) is 1.98. The summed E-state index contributed by atoms with van der Waals surface area (Å²) in [6, 6.07) is 11.1. The van der Waals surface area contributed by atoms with Crippen molar-refractivity contribution in [2.75, 3.05) is 0 Å². The molecule has 0 amide bonds. The lowest BCUT2D eigenvalue weighted by atomic mass is 9.99. The van der Waals surface area contributed by atoms with Gasteiger partial charge in [0.05, 0.1) is 17.7 Å². The molecule has 0 aromatic heterocycles. The van der Waals surface area contributed by atoms with E-state index in [2.05, 4.69) is 11.0 Å². The van der Waals surface area contributed by atoms with Crippen LogP contribution >= 0.6 is 0 Å². The molecule has 2 atom stereocenters. The van der Waals surface area contributed by atoms with Crippen molar-refractivity contribution in [1.29, 1.82) is 5.26 Å². The molecule has 0 aliphatic carbocycles. The molecule has 3 rings (SSSR count). The molecule has 2 saturated heterocycles. The van der Waals surface area contributed by atoms with Gasteiger partial charge in [-0.25, -0.2) is 0 Å². The van der Waals surface area contributed by atoms with Crippen LogP contribution in [0, 0.1) is 11.3 Å². The first-order chi connectivity index (χ1) is 8.76. The summed E-state index contributed by atoms with van der Waals surface area (Å²) in [6.45, 7) is 0.952. The standard InChI is InChI=1S/C15H18N2O/c16-9-11-1-3-12(4-2-11)10-17-13-5-6-14(17)8-15(18)7-13/h1-4,13-15,18H,5-8,10H2. The van der Waals surface area contributed by atoms with Gasteiger partial charge >= 0.3 is 0 Å². The molecular weight excluding hydrogens is 224 g/mol. The molecule has 1 aromatic carbocycles. The van der Waals surface area contributed by atoms with Gasteiger partial charge in [-0.1, -0.05) is 12.1 Å². The molecule has 2 unspecified atom stereocenters.